The Kier molecular flexibility index (Phi) is 4.27. The quantitative estimate of drug-likeness (QED) is 0.516. The fourth-order valence-corrected chi connectivity index (χ4v) is 2.01. The van der Waals surface area contributed by atoms with E-state index in [2.05, 4.69) is 0 Å². The van der Waals surface area contributed by atoms with Gasteiger partial charge >= 0.3 is 0 Å². The highest BCUT2D eigenvalue weighted by atomic mass is 19.2. The molecule has 1 atom stereocenters. The largest absolute Gasteiger partial charge is 0.383 e. The maximum Gasteiger partial charge on any atom is 0.200 e. The molecule has 0 saturated heterocycles. The first-order valence-electron chi connectivity index (χ1n) is 6.16. The lowest BCUT2D eigenvalue weighted by Gasteiger charge is -2.15. The van der Waals surface area contributed by atoms with Gasteiger partial charge in [-0.05, 0) is 17.5 Å². The summed E-state index contributed by atoms with van der Waals surface area (Å²) in [6, 6.07) is 6.04. The highest BCUT2D eigenvalue weighted by molar-refractivity contribution is 5.35. The Bertz CT molecular complexity index is 655. The van der Waals surface area contributed by atoms with Crippen LogP contribution in [0.4, 0.5) is 22.0 Å². The number of aryl methyl sites for hydroxylation is 1. The molecular weight excluding hydrogens is 291 g/mol. The molecule has 21 heavy (non-hydrogen) atoms. The van der Waals surface area contributed by atoms with Gasteiger partial charge in [-0.1, -0.05) is 31.2 Å². The van der Waals surface area contributed by atoms with Crippen LogP contribution in [-0.4, -0.2) is 5.11 Å². The van der Waals surface area contributed by atoms with Crippen LogP contribution in [0.15, 0.2) is 24.3 Å². The molecule has 0 heterocycles. The van der Waals surface area contributed by atoms with Crippen LogP contribution >= 0.6 is 0 Å². The summed E-state index contributed by atoms with van der Waals surface area (Å²) in [6.07, 6.45) is -1.35. The Morgan fingerprint density at radius 2 is 1.43 bits per heavy atom. The van der Waals surface area contributed by atoms with Crippen LogP contribution < -0.4 is 0 Å². The van der Waals surface area contributed by atoms with Gasteiger partial charge in [-0.3, -0.25) is 0 Å². The molecular formula is C15H11F5O. The van der Waals surface area contributed by atoms with E-state index in [0.29, 0.717) is 6.42 Å². The normalized spacial score (nSPS) is 12.5. The molecule has 0 fully saturated rings. The first-order chi connectivity index (χ1) is 9.88. The lowest BCUT2D eigenvalue weighted by atomic mass is 9.97. The Hall–Kier alpha value is -1.95. The van der Waals surface area contributed by atoms with E-state index in [1.54, 1.807) is 6.07 Å². The van der Waals surface area contributed by atoms with E-state index in [4.69, 9.17) is 0 Å². The van der Waals surface area contributed by atoms with Crippen molar-refractivity contribution < 1.29 is 27.1 Å². The van der Waals surface area contributed by atoms with Crippen molar-refractivity contribution in [1.29, 1.82) is 0 Å². The van der Waals surface area contributed by atoms with Crippen molar-refractivity contribution in [1.82, 2.24) is 0 Å². The van der Waals surface area contributed by atoms with Gasteiger partial charge in [0, 0.05) is 0 Å². The van der Waals surface area contributed by atoms with Crippen LogP contribution in [0, 0.1) is 29.1 Å². The molecule has 0 saturated carbocycles. The summed E-state index contributed by atoms with van der Waals surface area (Å²) in [5, 5.41) is 9.98. The van der Waals surface area contributed by atoms with E-state index in [0.717, 1.165) is 5.56 Å². The van der Waals surface area contributed by atoms with Gasteiger partial charge in [0.05, 0.1) is 5.56 Å². The van der Waals surface area contributed by atoms with Crippen molar-refractivity contribution in [2.24, 2.45) is 0 Å². The number of hydrogen-bond acceptors (Lipinski definition) is 1. The predicted molar refractivity (Wildman–Crippen MR) is 66.1 cm³/mol. The number of aliphatic hydroxyl groups is 1. The zero-order chi connectivity index (χ0) is 15.7. The predicted octanol–water partition coefficient (Wildman–Crippen LogP) is 4.03. The molecule has 0 spiro atoms. The number of benzene rings is 2. The third-order valence-corrected chi connectivity index (χ3v) is 3.19. The molecule has 1 N–H and O–H groups in total. The van der Waals surface area contributed by atoms with Crippen molar-refractivity contribution in [3.05, 3.63) is 70.0 Å². The molecule has 2 aromatic rings. The number of hydrogen-bond donors (Lipinski definition) is 1. The number of rotatable bonds is 3. The third kappa shape index (κ3) is 2.63. The van der Waals surface area contributed by atoms with Crippen molar-refractivity contribution in [2.45, 2.75) is 19.4 Å². The van der Waals surface area contributed by atoms with Gasteiger partial charge in [-0.2, -0.15) is 0 Å². The van der Waals surface area contributed by atoms with Gasteiger partial charge in [0.2, 0.25) is 5.82 Å². The minimum absolute atomic E-state index is 0.0533. The van der Waals surface area contributed by atoms with E-state index < -0.39 is 40.8 Å². The second-order valence-corrected chi connectivity index (χ2v) is 4.48. The average molecular weight is 302 g/mol. The summed E-state index contributed by atoms with van der Waals surface area (Å²) >= 11 is 0. The van der Waals surface area contributed by atoms with Crippen LogP contribution in [0.2, 0.25) is 0 Å². The molecule has 0 amide bonds. The van der Waals surface area contributed by atoms with Crippen molar-refractivity contribution in [3.8, 4) is 0 Å². The highest BCUT2D eigenvalue weighted by Gasteiger charge is 2.30. The first kappa shape index (κ1) is 15.4. The van der Waals surface area contributed by atoms with Crippen molar-refractivity contribution >= 4 is 0 Å². The van der Waals surface area contributed by atoms with Crippen molar-refractivity contribution in [2.75, 3.05) is 0 Å². The summed E-state index contributed by atoms with van der Waals surface area (Å²) in [7, 11) is 0. The fraction of sp³-hybridized carbons (Fsp3) is 0.200. The maximum absolute atomic E-state index is 13.6. The monoisotopic (exact) mass is 302 g/mol. The zero-order valence-electron chi connectivity index (χ0n) is 10.9. The minimum Gasteiger partial charge on any atom is -0.383 e. The third-order valence-electron chi connectivity index (χ3n) is 3.19. The summed E-state index contributed by atoms with van der Waals surface area (Å²) in [5.41, 5.74) is -0.437. The summed E-state index contributed by atoms with van der Waals surface area (Å²) in [6.45, 7) is 1.82. The Morgan fingerprint density at radius 3 is 1.95 bits per heavy atom. The van der Waals surface area contributed by atoms with Crippen LogP contribution in [0.25, 0.3) is 0 Å². The first-order valence-corrected chi connectivity index (χ1v) is 6.16. The standard InChI is InChI=1S/C15H11F5O/c1-2-7-4-3-5-8(6-7)15(21)9-10(16)12(18)14(20)13(19)11(9)17/h3-6,15,21H,2H2,1H3. The second kappa shape index (κ2) is 5.81. The molecule has 6 heteroatoms. The zero-order valence-corrected chi connectivity index (χ0v) is 10.9. The molecule has 2 aromatic carbocycles. The molecule has 0 aromatic heterocycles. The summed E-state index contributed by atoms with van der Waals surface area (Å²) in [5.74, 6) is -10.4. The molecule has 0 aliphatic heterocycles. The smallest absolute Gasteiger partial charge is 0.200 e. The van der Waals surface area contributed by atoms with Crippen LogP contribution in [-0.2, 0) is 6.42 Å². The van der Waals surface area contributed by atoms with E-state index in [-0.39, 0.29) is 5.56 Å². The minimum atomic E-state index is -2.25. The van der Waals surface area contributed by atoms with Crippen molar-refractivity contribution in [3.63, 3.8) is 0 Å². The van der Waals surface area contributed by atoms with Crippen LogP contribution in [0.1, 0.15) is 29.7 Å². The summed E-state index contributed by atoms with van der Waals surface area (Å²) < 4.78 is 66.6. The highest BCUT2D eigenvalue weighted by Crippen LogP contribution is 2.31. The molecule has 2 rings (SSSR count). The molecule has 1 nitrogen and oxygen atoms in total. The Labute approximate surface area is 117 Å². The van der Waals surface area contributed by atoms with E-state index >= 15 is 0 Å². The van der Waals surface area contributed by atoms with Gasteiger partial charge in [-0.15, -0.1) is 0 Å². The lowest BCUT2D eigenvalue weighted by molar-refractivity contribution is 0.202. The molecule has 0 radical (unpaired) electrons. The summed E-state index contributed by atoms with van der Waals surface area (Å²) in [4.78, 5) is 0. The number of aliphatic hydroxyl groups excluding tert-OH is 1. The van der Waals surface area contributed by atoms with E-state index in [9.17, 15) is 27.1 Å². The van der Waals surface area contributed by atoms with E-state index in [1.807, 2.05) is 6.92 Å². The Morgan fingerprint density at radius 1 is 0.905 bits per heavy atom. The average Bonchev–Trinajstić information content (AvgIpc) is 2.51. The second-order valence-electron chi connectivity index (χ2n) is 4.48. The molecule has 0 aliphatic carbocycles. The van der Waals surface area contributed by atoms with Gasteiger partial charge in [0.1, 0.15) is 6.10 Å². The topological polar surface area (TPSA) is 20.2 Å². The molecule has 112 valence electrons. The number of halogens is 5. The van der Waals surface area contributed by atoms with E-state index in [1.165, 1.54) is 18.2 Å². The fourth-order valence-electron chi connectivity index (χ4n) is 2.01. The van der Waals surface area contributed by atoms with Gasteiger partial charge in [-0.25, -0.2) is 22.0 Å². The molecule has 0 bridgehead atoms. The lowest BCUT2D eigenvalue weighted by Crippen LogP contribution is -2.12. The van der Waals surface area contributed by atoms with Crippen LogP contribution in [0.5, 0.6) is 0 Å². The van der Waals surface area contributed by atoms with Gasteiger partial charge in [0.25, 0.3) is 0 Å². The van der Waals surface area contributed by atoms with Gasteiger partial charge in [0.15, 0.2) is 23.3 Å². The SMILES string of the molecule is CCc1cccc(C(O)c2c(F)c(F)c(F)c(F)c2F)c1. The molecule has 0 aliphatic rings. The molecule has 1 unspecified atom stereocenters. The van der Waals surface area contributed by atoms with Crippen LogP contribution in [0.3, 0.4) is 0 Å². The Balaban J connectivity index is 2.60. The maximum atomic E-state index is 13.6. The van der Waals surface area contributed by atoms with Gasteiger partial charge < -0.3 is 5.11 Å².